The molecule has 1 atom stereocenters. The molecule has 2 aromatic rings. The van der Waals surface area contributed by atoms with Gasteiger partial charge in [-0.3, -0.25) is 9.59 Å². The molecule has 1 unspecified atom stereocenters. The topological polar surface area (TPSA) is 114 Å². The van der Waals surface area contributed by atoms with Crippen molar-refractivity contribution in [3.05, 3.63) is 48.0 Å². The van der Waals surface area contributed by atoms with Gasteiger partial charge in [0.25, 0.3) is 5.91 Å². The number of likely N-dealkylation sites (N-methyl/N-ethyl adjacent to an activating group) is 1. The number of hydrogen-bond donors (Lipinski definition) is 2. The third kappa shape index (κ3) is 5.98. The second-order valence-electron chi connectivity index (χ2n) is 7.15. The summed E-state index contributed by atoms with van der Waals surface area (Å²) in [5.41, 5.74) is 0.599. The Morgan fingerprint density at radius 2 is 1.72 bits per heavy atom. The molecule has 2 aromatic carbocycles. The predicted molar refractivity (Wildman–Crippen MR) is 122 cm³/mol. The van der Waals surface area contributed by atoms with Gasteiger partial charge in [-0.05, 0) is 37.6 Å². The van der Waals surface area contributed by atoms with Crippen LogP contribution in [-0.2, 0) is 14.8 Å². The summed E-state index contributed by atoms with van der Waals surface area (Å²) in [6.07, 6.45) is 0.763. The van der Waals surface area contributed by atoms with Gasteiger partial charge in [0.2, 0.25) is 15.9 Å². The summed E-state index contributed by atoms with van der Waals surface area (Å²) in [6.45, 7) is 3.39. The molecule has 10 heteroatoms. The number of hydrogen-bond acceptors (Lipinski definition) is 6. The zero-order valence-electron chi connectivity index (χ0n) is 18.8. The molecule has 0 heterocycles. The maximum absolute atomic E-state index is 12.9. The van der Waals surface area contributed by atoms with E-state index in [1.807, 2.05) is 13.8 Å². The summed E-state index contributed by atoms with van der Waals surface area (Å²) in [5, 5.41) is 5.47. The molecule has 0 saturated carbocycles. The van der Waals surface area contributed by atoms with Crippen molar-refractivity contribution < 1.29 is 27.5 Å². The smallest absolute Gasteiger partial charge is 0.253 e. The zero-order chi connectivity index (χ0) is 23.9. The highest BCUT2D eigenvalue weighted by Crippen LogP contribution is 2.30. The van der Waals surface area contributed by atoms with Crippen molar-refractivity contribution in [2.45, 2.75) is 31.2 Å². The summed E-state index contributed by atoms with van der Waals surface area (Å²) in [6, 6.07) is 10.7. The Labute approximate surface area is 188 Å². The van der Waals surface area contributed by atoms with E-state index < -0.39 is 22.5 Å². The summed E-state index contributed by atoms with van der Waals surface area (Å²) < 4.78 is 37.0. The van der Waals surface area contributed by atoms with Crippen molar-refractivity contribution in [1.82, 2.24) is 9.62 Å². The van der Waals surface area contributed by atoms with E-state index >= 15 is 0 Å². The van der Waals surface area contributed by atoms with Crippen molar-refractivity contribution in [3.63, 3.8) is 0 Å². The Kier molecular flexibility index (Phi) is 8.62. The molecule has 0 bridgehead atoms. The lowest BCUT2D eigenvalue weighted by Gasteiger charge is -2.19. The van der Waals surface area contributed by atoms with E-state index in [0.29, 0.717) is 17.0 Å². The Balaban J connectivity index is 2.16. The molecule has 9 nitrogen and oxygen atoms in total. The molecule has 2 rings (SSSR count). The number of methoxy groups -OCH3 is 2. The van der Waals surface area contributed by atoms with Gasteiger partial charge in [0, 0.05) is 19.2 Å². The van der Waals surface area contributed by atoms with E-state index in [-0.39, 0.29) is 22.6 Å². The molecule has 2 amide bonds. The van der Waals surface area contributed by atoms with Crippen LogP contribution in [0, 0.1) is 0 Å². The van der Waals surface area contributed by atoms with Crippen LogP contribution in [0.5, 0.6) is 11.5 Å². The van der Waals surface area contributed by atoms with Crippen LogP contribution < -0.4 is 20.1 Å². The number of carbonyl (C=O) groups is 2. The molecule has 32 heavy (non-hydrogen) atoms. The van der Waals surface area contributed by atoms with Crippen LogP contribution in [0.1, 0.15) is 30.6 Å². The fourth-order valence-corrected chi connectivity index (χ4v) is 3.97. The minimum Gasteiger partial charge on any atom is -0.493 e. The predicted octanol–water partition coefficient (Wildman–Crippen LogP) is 2.49. The van der Waals surface area contributed by atoms with E-state index in [2.05, 4.69) is 10.6 Å². The number of nitrogens with one attached hydrogen (secondary N) is 2. The zero-order valence-corrected chi connectivity index (χ0v) is 19.7. The molecular weight excluding hydrogens is 434 g/mol. The van der Waals surface area contributed by atoms with Crippen LogP contribution in [0.25, 0.3) is 0 Å². The van der Waals surface area contributed by atoms with Crippen molar-refractivity contribution >= 4 is 27.5 Å². The summed E-state index contributed by atoms with van der Waals surface area (Å²) in [7, 11) is 0.178. The molecule has 0 saturated heterocycles. The number of anilines is 1. The number of amides is 2. The van der Waals surface area contributed by atoms with Crippen molar-refractivity contribution in [3.8, 4) is 11.5 Å². The van der Waals surface area contributed by atoms with Crippen molar-refractivity contribution in [2.75, 3.05) is 33.1 Å². The van der Waals surface area contributed by atoms with Gasteiger partial charge in [-0.2, -0.15) is 4.31 Å². The first-order chi connectivity index (χ1) is 15.1. The highest BCUT2D eigenvalue weighted by molar-refractivity contribution is 7.89. The number of rotatable bonds is 10. The van der Waals surface area contributed by atoms with Crippen molar-refractivity contribution in [2.24, 2.45) is 0 Å². The quantitative estimate of drug-likeness (QED) is 0.560. The maximum atomic E-state index is 12.9. The SMILES string of the molecule is CCC(C)NC(=O)c1ccccc1NC(=O)CN(C)S(=O)(=O)c1ccc(OC)c(OC)c1. The Bertz CT molecular complexity index is 1070. The van der Waals surface area contributed by atoms with Gasteiger partial charge in [-0.15, -0.1) is 0 Å². The van der Waals surface area contributed by atoms with Crippen LogP contribution in [0.3, 0.4) is 0 Å². The minimum atomic E-state index is -3.97. The largest absolute Gasteiger partial charge is 0.493 e. The highest BCUT2D eigenvalue weighted by Gasteiger charge is 2.25. The third-order valence-corrected chi connectivity index (χ3v) is 6.66. The van der Waals surface area contributed by atoms with Gasteiger partial charge in [0.05, 0.1) is 36.9 Å². The highest BCUT2D eigenvalue weighted by atomic mass is 32.2. The fourth-order valence-electron chi connectivity index (χ4n) is 2.83. The summed E-state index contributed by atoms with van der Waals surface area (Å²) >= 11 is 0. The first-order valence-corrected chi connectivity index (χ1v) is 11.5. The van der Waals surface area contributed by atoms with Gasteiger partial charge in [-0.25, -0.2) is 8.42 Å². The minimum absolute atomic E-state index is 0.0241. The lowest BCUT2D eigenvalue weighted by Crippen LogP contribution is -2.36. The number of sulfonamides is 1. The van der Waals surface area contributed by atoms with Gasteiger partial charge in [-0.1, -0.05) is 19.1 Å². The van der Waals surface area contributed by atoms with Crippen LogP contribution in [0.2, 0.25) is 0 Å². The second kappa shape index (κ2) is 11.0. The van der Waals surface area contributed by atoms with Crippen LogP contribution in [0.4, 0.5) is 5.69 Å². The first-order valence-electron chi connectivity index (χ1n) is 10.0. The molecule has 0 fully saturated rings. The fraction of sp³-hybridized carbons (Fsp3) is 0.364. The van der Waals surface area contributed by atoms with E-state index in [1.54, 1.807) is 24.3 Å². The summed E-state index contributed by atoms with van der Waals surface area (Å²) in [4.78, 5) is 25.0. The molecular formula is C22H29N3O6S. The van der Waals surface area contributed by atoms with E-state index in [0.717, 1.165) is 10.7 Å². The standard InChI is InChI=1S/C22H29N3O6S/c1-6-15(2)23-22(27)17-9-7-8-10-18(17)24-21(26)14-25(3)32(28,29)16-11-12-19(30-4)20(13-16)31-5/h7-13,15H,6,14H2,1-5H3,(H,23,27)(H,24,26). The Hall–Kier alpha value is -3.11. The van der Waals surface area contributed by atoms with Crippen molar-refractivity contribution in [1.29, 1.82) is 0 Å². The number of para-hydroxylation sites is 1. The molecule has 0 aliphatic heterocycles. The van der Waals surface area contributed by atoms with Gasteiger partial charge < -0.3 is 20.1 Å². The Morgan fingerprint density at radius 3 is 2.34 bits per heavy atom. The Morgan fingerprint density at radius 1 is 1.06 bits per heavy atom. The van der Waals surface area contributed by atoms with E-state index in [4.69, 9.17) is 9.47 Å². The normalized spacial score (nSPS) is 12.2. The molecule has 0 aliphatic rings. The number of carbonyl (C=O) groups excluding carboxylic acids is 2. The lowest BCUT2D eigenvalue weighted by molar-refractivity contribution is -0.116. The van der Waals surface area contributed by atoms with Crippen LogP contribution in [0.15, 0.2) is 47.4 Å². The molecule has 0 aliphatic carbocycles. The second-order valence-corrected chi connectivity index (χ2v) is 9.20. The molecule has 0 spiro atoms. The maximum Gasteiger partial charge on any atom is 0.253 e. The van der Waals surface area contributed by atoms with Gasteiger partial charge in [0.1, 0.15) is 0 Å². The lowest BCUT2D eigenvalue weighted by atomic mass is 10.1. The number of nitrogens with zero attached hydrogens (tertiary/aromatic N) is 1. The molecule has 0 radical (unpaired) electrons. The molecule has 174 valence electrons. The van der Waals surface area contributed by atoms with Gasteiger partial charge in [0.15, 0.2) is 11.5 Å². The molecule has 0 aromatic heterocycles. The number of benzene rings is 2. The number of ether oxygens (including phenoxy) is 2. The average Bonchev–Trinajstić information content (AvgIpc) is 2.78. The molecule has 2 N–H and O–H groups in total. The van der Waals surface area contributed by atoms with Gasteiger partial charge >= 0.3 is 0 Å². The average molecular weight is 464 g/mol. The monoisotopic (exact) mass is 463 g/mol. The van der Waals surface area contributed by atoms with E-state index in [1.165, 1.54) is 39.5 Å². The van der Waals surface area contributed by atoms with Crippen LogP contribution in [-0.4, -0.2) is 58.4 Å². The summed E-state index contributed by atoms with van der Waals surface area (Å²) in [5.74, 6) is -0.256. The van der Waals surface area contributed by atoms with Crippen LogP contribution >= 0.6 is 0 Å². The third-order valence-electron chi connectivity index (χ3n) is 4.87. The van der Waals surface area contributed by atoms with E-state index in [9.17, 15) is 18.0 Å². The first kappa shape index (κ1) is 25.2.